The summed E-state index contributed by atoms with van der Waals surface area (Å²) in [4.78, 5) is 45.3. The van der Waals surface area contributed by atoms with Crippen molar-refractivity contribution in [1.29, 1.82) is 0 Å². The summed E-state index contributed by atoms with van der Waals surface area (Å²) in [5.74, 6) is -0.932. The van der Waals surface area contributed by atoms with Crippen LogP contribution in [0.1, 0.15) is 53.9 Å². The number of fused-ring (bicyclic) bond motifs is 1. The van der Waals surface area contributed by atoms with Crippen LogP contribution in [-0.2, 0) is 23.9 Å². The van der Waals surface area contributed by atoms with Gasteiger partial charge in [0.15, 0.2) is 5.65 Å². The van der Waals surface area contributed by atoms with Crippen LogP contribution in [0, 0.1) is 12.7 Å². The summed E-state index contributed by atoms with van der Waals surface area (Å²) in [6.45, 7) is 5.46. The molecule has 0 unspecified atom stereocenters. The molecule has 1 aliphatic rings. The Morgan fingerprint density at radius 3 is 2.38 bits per heavy atom. The number of carbonyl (C=O) groups excluding carboxylic acids is 1. The lowest BCUT2D eigenvalue weighted by Crippen LogP contribution is -2.38. The molecule has 1 aliphatic heterocycles. The maximum absolute atomic E-state index is 14.1. The zero-order valence-corrected chi connectivity index (χ0v) is 25.8. The summed E-state index contributed by atoms with van der Waals surface area (Å²) in [6, 6.07) is 15.9. The van der Waals surface area contributed by atoms with Crippen LogP contribution in [0.4, 0.5) is 23.4 Å². The molecule has 2 aromatic carbocycles. The normalized spacial score (nSPS) is 14.0. The highest BCUT2D eigenvalue weighted by molar-refractivity contribution is 5.79. The van der Waals surface area contributed by atoms with E-state index in [0.717, 1.165) is 43.4 Å². The molecule has 0 aliphatic carbocycles. The van der Waals surface area contributed by atoms with Crippen molar-refractivity contribution in [3.63, 3.8) is 0 Å². The smallest absolute Gasteiger partial charge is 0.357 e. The van der Waals surface area contributed by atoms with E-state index in [2.05, 4.69) is 14.9 Å². The number of amides is 1. The van der Waals surface area contributed by atoms with Crippen molar-refractivity contribution in [1.82, 2.24) is 24.4 Å². The second-order valence-electron chi connectivity index (χ2n) is 11.7. The zero-order valence-electron chi connectivity index (χ0n) is 25.8. The van der Waals surface area contributed by atoms with Gasteiger partial charge in [-0.2, -0.15) is 13.2 Å². The second kappa shape index (κ2) is 12.9. The minimum absolute atomic E-state index is 0.00695. The summed E-state index contributed by atoms with van der Waals surface area (Å²) in [7, 11) is 0. The van der Waals surface area contributed by atoms with Crippen molar-refractivity contribution in [2.75, 3.05) is 18.0 Å². The summed E-state index contributed by atoms with van der Waals surface area (Å²) >= 11 is 0. The van der Waals surface area contributed by atoms with Crippen molar-refractivity contribution in [2.45, 2.75) is 51.9 Å². The van der Waals surface area contributed by atoms with Crippen molar-refractivity contribution in [3.05, 3.63) is 123 Å². The maximum Gasteiger partial charge on any atom is 0.419 e. The van der Waals surface area contributed by atoms with E-state index >= 15 is 0 Å². The second-order valence-corrected chi connectivity index (χ2v) is 11.7. The lowest BCUT2D eigenvalue weighted by molar-refractivity contribution is -0.140. The van der Waals surface area contributed by atoms with Gasteiger partial charge in [-0.3, -0.25) is 14.2 Å². The number of hydrogen-bond acceptors (Lipinski definition) is 6. The average Bonchev–Trinajstić information content (AvgIpc) is 3.60. The Hall–Kier alpha value is -5.13. The fraction of sp³-hybridized carbons (Fsp3) is 0.286. The maximum atomic E-state index is 14.1. The van der Waals surface area contributed by atoms with Gasteiger partial charge in [0, 0.05) is 32.0 Å². The Morgan fingerprint density at radius 2 is 1.70 bits per heavy atom. The molecule has 3 aromatic heterocycles. The monoisotopic (exact) mass is 644 g/mol. The van der Waals surface area contributed by atoms with Crippen LogP contribution < -0.4 is 10.5 Å². The van der Waals surface area contributed by atoms with Crippen LogP contribution >= 0.6 is 0 Å². The number of nitrogens with zero attached hydrogens (tertiary/aromatic N) is 6. The molecule has 1 atom stereocenters. The van der Waals surface area contributed by atoms with E-state index in [1.807, 2.05) is 31.2 Å². The van der Waals surface area contributed by atoms with Gasteiger partial charge in [-0.1, -0.05) is 29.8 Å². The van der Waals surface area contributed by atoms with E-state index in [-0.39, 0.29) is 34.5 Å². The number of aromatic nitrogens is 4. The molecule has 1 fully saturated rings. The summed E-state index contributed by atoms with van der Waals surface area (Å²) < 4.78 is 56.0. The summed E-state index contributed by atoms with van der Waals surface area (Å²) in [6.07, 6.45) is -0.0258. The lowest BCUT2D eigenvalue weighted by atomic mass is 10.1. The molecule has 1 amide bonds. The highest BCUT2D eigenvalue weighted by atomic mass is 19.4. The molecule has 47 heavy (non-hydrogen) atoms. The summed E-state index contributed by atoms with van der Waals surface area (Å²) in [5.41, 5.74) is 0.536. The van der Waals surface area contributed by atoms with E-state index in [0.29, 0.717) is 23.4 Å². The first-order valence-corrected chi connectivity index (χ1v) is 15.3. The molecule has 0 spiro atoms. The van der Waals surface area contributed by atoms with Crippen molar-refractivity contribution in [2.24, 2.45) is 0 Å². The van der Waals surface area contributed by atoms with Crippen LogP contribution in [0.25, 0.3) is 16.7 Å². The van der Waals surface area contributed by atoms with Gasteiger partial charge in [0.25, 0.3) is 5.56 Å². The van der Waals surface area contributed by atoms with Crippen LogP contribution in [0.2, 0.25) is 0 Å². The highest BCUT2D eigenvalue weighted by Crippen LogP contribution is 2.33. The molecule has 0 radical (unpaired) electrons. The molecule has 0 bridgehead atoms. The molecule has 6 rings (SSSR count). The van der Waals surface area contributed by atoms with Crippen molar-refractivity contribution in [3.8, 4) is 5.69 Å². The van der Waals surface area contributed by atoms with E-state index in [1.165, 1.54) is 15.7 Å². The first kappa shape index (κ1) is 31.8. The van der Waals surface area contributed by atoms with Crippen LogP contribution in [-0.4, -0.2) is 43.4 Å². The Kier molecular flexibility index (Phi) is 8.76. The van der Waals surface area contributed by atoms with Gasteiger partial charge < -0.3 is 9.80 Å². The number of benzene rings is 2. The van der Waals surface area contributed by atoms with Gasteiger partial charge in [0.05, 0.1) is 29.1 Å². The van der Waals surface area contributed by atoms with Gasteiger partial charge in [-0.05, 0) is 80.3 Å². The zero-order chi connectivity index (χ0) is 33.3. The average molecular weight is 645 g/mol. The predicted octanol–water partition coefficient (Wildman–Crippen LogP) is 6.57. The van der Waals surface area contributed by atoms with Crippen LogP contribution in [0.5, 0.6) is 0 Å². The number of pyridine rings is 2. The summed E-state index contributed by atoms with van der Waals surface area (Å²) in [5, 5.41) is 0.287. The third-order valence-electron chi connectivity index (χ3n) is 8.41. The minimum atomic E-state index is -4.93. The van der Waals surface area contributed by atoms with Crippen LogP contribution in [0.15, 0.2) is 83.9 Å². The van der Waals surface area contributed by atoms with Gasteiger partial charge in [-0.15, -0.1) is 0 Å². The largest absolute Gasteiger partial charge is 0.419 e. The third kappa shape index (κ3) is 6.72. The Morgan fingerprint density at radius 1 is 0.979 bits per heavy atom. The predicted molar refractivity (Wildman–Crippen MR) is 170 cm³/mol. The molecular weight excluding hydrogens is 612 g/mol. The Bertz CT molecular complexity index is 1970. The highest BCUT2D eigenvalue weighted by Gasteiger charge is 2.35. The number of anilines is 1. The Balaban J connectivity index is 1.43. The molecular formula is C35H32F4N6O2. The molecule has 5 aromatic rings. The van der Waals surface area contributed by atoms with Crippen molar-refractivity contribution < 1.29 is 22.4 Å². The number of halogens is 4. The minimum Gasteiger partial charge on any atom is -0.357 e. The fourth-order valence-corrected chi connectivity index (χ4v) is 5.86. The molecule has 0 N–H and O–H groups in total. The lowest BCUT2D eigenvalue weighted by Gasteiger charge is -2.31. The number of aryl methyl sites for hydroxylation is 1. The van der Waals surface area contributed by atoms with Crippen molar-refractivity contribution >= 4 is 22.8 Å². The molecule has 0 saturated carbocycles. The molecule has 12 heteroatoms. The molecule has 4 heterocycles. The van der Waals surface area contributed by atoms with Gasteiger partial charge in [-0.25, -0.2) is 19.3 Å². The van der Waals surface area contributed by atoms with Crippen LogP contribution in [0.3, 0.4) is 0 Å². The third-order valence-corrected chi connectivity index (χ3v) is 8.41. The quantitative estimate of drug-likeness (QED) is 0.178. The molecule has 8 nitrogen and oxygen atoms in total. The van der Waals surface area contributed by atoms with E-state index in [1.54, 1.807) is 37.4 Å². The van der Waals surface area contributed by atoms with Gasteiger partial charge in [0.1, 0.15) is 17.5 Å². The van der Waals surface area contributed by atoms with Gasteiger partial charge in [0.2, 0.25) is 5.91 Å². The number of rotatable bonds is 8. The topological polar surface area (TPSA) is 84.2 Å². The number of alkyl halides is 3. The van der Waals surface area contributed by atoms with E-state index < -0.39 is 35.9 Å². The van der Waals surface area contributed by atoms with E-state index in [4.69, 9.17) is 4.98 Å². The first-order chi connectivity index (χ1) is 22.5. The number of carbonyl (C=O) groups is 1. The molecule has 1 saturated heterocycles. The fourth-order valence-electron chi connectivity index (χ4n) is 5.86. The molecule has 242 valence electrons. The Labute approximate surface area is 268 Å². The SMILES string of the molecule is Cc1ccc(-n2c([C@@H](C)N(Cc3ccc(N4CCCC4)nc3)C(=O)Cc3ccc(F)c(C(F)(F)F)c3)nc3ncccc3c2=O)cc1. The van der Waals surface area contributed by atoms with E-state index in [9.17, 15) is 27.2 Å². The van der Waals surface area contributed by atoms with Gasteiger partial charge >= 0.3 is 6.18 Å². The number of hydrogen-bond donors (Lipinski definition) is 0. The first-order valence-electron chi connectivity index (χ1n) is 15.3. The standard InChI is InChI=1S/C35H32F4N6O2/c1-22-7-11-26(12-8-22)45-33(42-32-27(34(45)47)6-5-15-40-32)23(2)44(21-25-10-14-30(41-20-25)43-16-3-4-17-43)31(46)19-24-9-13-29(36)28(18-24)35(37,38)39/h5-15,18,20,23H,3-4,16-17,19,21H2,1-2H3/t23-/m1/s1.